The largest absolute Gasteiger partial charge is 0.468 e. The molecule has 9 heteroatoms. The van der Waals surface area contributed by atoms with Gasteiger partial charge in [-0.3, -0.25) is 4.68 Å². The molecule has 0 saturated heterocycles. The Balaban J connectivity index is 1.61. The molecule has 8 nitrogen and oxygen atoms in total. The molecule has 3 heterocycles. The average Bonchev–Trinajstić information content (AvgIpc) is 3.36. The molecule has 3 aromatic rings. The SMILES string of the molecule is Cc1nn(Cc2ccc3c(c2)OCO3)c(C)c1S(=O)(=O)N(C)Cc1ccco1. The molecule has 0 unspecified atom stereocenters. The fraction of sp³-hybridized carbons (Fsp3) is 0.316. The number of sulfonamides is 1. The van der Waals surface area contributed by atoms with Crippen LogP contribution < -0.4 is 9.47 Å². The van der Waals surface area contributed by atoms with E-state index in [9.17, 15) is 8.42 Å². The number of hydrogen-bond acceptors (Lipinski definition) is 6. The van der Waals surface area contributed by atoms with Crippen LogP contribution in [-0.2, 0) is 23.1 Å². The Morgan fingerprint density at radius 2 is 1.96 bits per heavy atom. The van der Waals surface area contributed by atoms with Crippen LogP contribution in [0.3, 0.4) is 0 Å². The van der Waals surface area contributed by atoms with Crippen molar-refractivity contribution in [3.05, 3.63) is 59.3 Å². The van der Waals surface area contributed by atoms with Gasteiger partial charge in [0.1, 0.15) is 10.7 Å². The second-order valence-electron chi connectivity index (χ2n) is 6.69. The van der Waals surface area contributed by atoms with Crippen LogP contribution >= 0.6 is 0 Å². The number of furan rings is 1. The van der Waals surface area contributed by atoms with Gasteiger partial charge >= 0.3 is 0 Å². The first kappa shape index (κ1) is 18.6. The maximum absolute atomic E-state index is 13.1. The van der Waals surface area contributed by atoms with Gasteiger partial charge < -0.3 is 13.9 Å². The van der Waals surface area contributed by atoms with Crippen molar-refractivity contribution in [3.63, 3.8) is 0 Å². The van der Waals surface area contributed by atoms with Gasteiger partial charge in [-0.1, -0.05) is 6.07 Å². The monoisotopic (exact) mass is 403 g/mol. The molecule has 0 N–H and O–H groups in total. The number of benzene rings is 1. The van der Waals surface area contributed by atoms with Crippen molar-refractivity contribution < 1.29 is 22.3 Å². The summed E-state index contributed by atoms with van der Waals surface area (Å²) in [4.78, 5) is 0.224. The van der Waals surface area contributed by atoms with Crippen LogP contribution in [0.5, 0.6) is 11.5 Å². The molecule has 0 fully saturated rings. The first-order valence-electron chi connectivity index (χ1n) is 8.77. The average molecular weight is 403 g/mol. The summed E-state index contributed by atoms with van der Waals surface area (Å²) in [6.45, 7) is 4.27. The van der Waals surface area contributed by atoms with Crippen LogP contribution in [0.2, 0.25) is 0 Å². The van der Waals surface area contributed by atoms with E-state index in [0.717, 1.165) is 5.56 Å². The van der Waals surface area contributed by atoms with E-state index in [1.807, 2.05) is 18.2 Å². The summed E-state index contributed by atoms with van der Waals surface area (Å²) in [5, 5.41) is 4.46. The second-order valence-corrected chi connectivity index (χ2v) is 8.67. The Morgan fingerprint density at radius 1 is 1.18 bits per heavy atom. The van der Waals surface area contributed by atoms with Crippen molar-refractivity contribution >= 4 is 10.0 Å². The van der Waals surface area contributed by atoms with E-state index in [1.165, 1.54) is 17.6 Å². The molecule has 1 aromatic carbocycles. The maximum atomic E-state index is 13.1. The van der Waals surface area contributed by atoms with E-state index in [4.69, 9.17) is 13.9 Å². The molecule has 0 bridgehead atoms. The minimum absolute atomic E-state index is 0.154. The number of hydrogen-bond donors (Lipinski definition) is 0. The summed E-state index contributed by atoms with van der Waals surface area (Å²) in [7, 11) is -2.18. The topological polar surface area (TPSA) is 86.8 Å². The Kier molecular flexibility index (Phi) is 4.64. The van der Waals surface area contributed by atoms with Crippen LogP contribution in [0.1, 0.15) is 22.7 Å². The number of rotatable bonds is 6. The Labute approximate surface area is 163 Å². The highest BCUT2D eigenvalue weighted by molar-refractivity contribution is 7.89. The number of ether oxygens (including phenoxy) is 2. The van der Waals surface area contributed by atoms with Gasteiger partial charge in [-0.2, -0.15) is 9.40 Å². The van der Waals surface area contributed by atoms with Gasteiger partial charge in [0.2, 0.25) is 16.8 Å². The highest BCUT2D eigenvalue weighted by Crippen LogP contribution is 2.33. The van der Waals surface area contributed by atoms with E-state index in [-0.39, 0.29) is 18.2 Å². The second kappa shape index (κ2) is 6.99. The highest BCUT2D eigenvalue weighted by Gasteiger charge is 2.29. The van der Waals surface area contributed by atoms with Crippen LogP contribution in [0, 0.1) is 13.8 Å². The lowest BCUT2D eigenvalue weighted by Crippen LogP contribution is -2.27. The van der Waals surface area contributed by atoms with Gasteiger partial charge in [0.25, 0.3) is 0 Å². The van der Waals surface area contributed by atoms with Crippen molar-refractivity contribution in [1.29, 1.82) is 0 Å². The number of aryl methyl sites for hydroxylation is 1. The van der Waals surface area contributed by atoms with Gasteiger partial charge in [0, 0.05) is 7.05 Å². The standard InChI is InChI=1S/C19H21N3O5S/c1-13-19(28(23,24)21(3)11-16-5-4-8-25-16)14(2)22(20-13)10-15-6-7-17-18(9-15)27-12-26-17/h4-9H,10-12H2,1-3H3. The molecule has 1 aliphatic rings. The lowest BCUT2D eigenvalue weighted by Gasteiger charge is -2.16. The first-order chi connectivity index (χ1) is 13.4. The summed E-state index contributed by atoms with van der Waals surface area (Å²) < 4.78 is 45.2. The first-order valence-corrected chi connectivity index (χ1v) is 10.2. The van der Waals surface area contributed by atoms with E-state index in [2.05, 4.69) is 5.10 Å². The Hall–Kier alpha value is -2.78. The molecule has 0 saturated carbocycles. The van der Waals surface area contributed by atoms with Gasteiger partial charge in [-0.05, 0) is 43.7 Å². The van der Waals surface area contributed by atoms with Crippen LogP contribution in [0.4, 0.5) is 0 Å². The van der Waals surface area contributed by atoms with Crippen LogP contribution in [-0.4, -0.2) is 36.3 Å². The molecule has 1 aliphatic heterocycles. The number of aromatic nitrogens is 2. The minimum atomic E-state index is -3.71. The molecular weight excluding hydrogens is 382 g/mol. The van der Waals surface area contributed by atoms with Gasteiger partial charge in [0.15, 0.2) is 11.5 Å². The summed E-state index contributed by atoms with van der Waals surface area (Å²) >= 11 is 0. The van der Waals surface area contributed by atoms with E-state index in [0.29, 0.717) is 35.2 Å². The third-order valence-corrected chi connectivity index (χ3v) is 6.77. The highest BCUT2D eigenvalue weighted by atomic mass is 32.2. The van der Waals surface area contributed by atoms with Crippen molar-refractivity contribution in [2.45, 2.75) is 31.8 Å². The molecule has 28 heavy (non-hydrogen) atoms. The predicted molar refractivity (Wildman–Crippen MR) is 101 cm³/mol. The summed E-state index contributed by atoms with van der Waals surface area (Å²) in [6.07, 6.45) is 1.52. The lowest BCUT2D eigenvalue weighted by atomic mass is 10.2. The van der Waals surface area contributed by atoms with Crippen LogP contribution in [0.15, 0.2) is 45.9 Å². The van der Waals surface area contributed by atoms with Crippen molar-refractivity contribution in [3.8, 4) is 11.5 Å². The lowest BCUT2D eigenvalue weighted by molar-refractivity contribution is 0.174. The van der Waals surface area contributed by atoms with E-state index in [1.54, 1.807) is 30.7 Å². The van der Waals surface area contributed by atoms with Crippen molar-refractivity contribution in [2.75, 3.05) is 13.8 Å². The van der Waals surface area contributed by atoms with Gasteiger partial charge in [-0.25, -0.2) is 8.42 Å². The van der Waals surface area contributed by atoms with Crippen LogP contribution in [0.25, 0.3) is 0 Å². The Morgan fingerprint density at radius 3 is 2.71 bits per heavy atom. The molecule has 0 aliphatic carbocycles. The number of fused-ring (bicyclic) bond motifs is 1. The summed E-state index contributed by atoms with van der Waals surface area (Å²) in [6, 6.07) is 9.12. The van der Waals surface area contributed by atoms with Crippen molar-refractivity contribution in [1.82, 2.24) is 14.1 Å². The Bertz CT molecular complexity index is 1100. The molecule has 0 atom stereocenters. The fourth-order valence-electron chi connectivity index (χ4n) is 3.28. The normalized spacial score (nSPS) is 13.4. The summed E-state index contributed by atoms with van der Waals surface area (Å²) in [5.74, 6) is 1.97. The molecule has 0 spiro atoms. The van der Waals surface area contributed by atoms with E-state index < -0.39 is 10.0 Å². The molecule has 4 rings (SSSR count). The number of nitrogens with zero attached hydrogens (tertiary/aromatic N) is 3. The zero-order valence-electron chi connectivity index (χ0n) is 15.9. The zero-order chi connectivity index (χ0) is 19.9. The summed E-state index contributed by atoms with van der Waals surface area (Å²) in [5.41, 5.74) is 1.99. The molecular formula is C19H21N3O5S. The predicted octanol–water partition coefficient (Wildman–Crippen LogP) is 2.69. The third kappa shape index (κ3) is 3.27. The van der Waals surface area contributed by atoms with Gasteiger partial charge in [-0.15, -0.1) is 0 Å². The zero-order valence-corrected chi connectivity index (χ0v) is 16.7. The maximum Gasteiger partial charge on any atom is 0.246 e. The van der Waals surface area contributed by atoms with Gasteiger partial charge in [0.05, 0.1) is 30.7 Å². The molecule has 0 radical (unpaired) electrons. The fourth-order valence-corrected chi connectivity index (χ4v) is 4.78. The quantitative estimate of drug-likeness (QED) is 0.629. The smallest absolute Gasteiger partial charge is 0.246 e. The van der Waals surface area contributed by atoms with Crippen molar-refractivity contribution in [2.24, 2.45) is 0 Å². The molecule has 148 valence electrons. The minimum Gasteiger partial charge on any atom is -0.468 e. The molecule has 2 aromatic heterocycles. The van der Waals surface area contributed by atoms with E-state index >= 15 is 0 Å². The molecule has 0 amide bonds. The third-order valence-electron chi connectivity index (χ3n) is 4.71.